The van der Waals surface area contributed by atoms with Crippen molar-refractivity contribution >= 4 is 44.6 Å². The lowest BCUT2D eigenvalue weighted by atomic mass is 10.1. The Morgan fingerprint density at radius 3 is 2.44 bits per heavy atom. The van der Waals surface area contributed by atoms with Gasteiger partial charge >= 0.3 is 6.47 Å². The highest BCUT2D eigenvalue weighted by atomic mass is 32.2. The van der Waals surface area contributed by atoms with E-state index in [0.29, 0.717) is 16.0 Å². The van der Waals surface area contributed by atoms with Gasteiger partial charge in [0, 0.05) is 29.2 Å². The van der Waals surface area contributed by atoms with Gasteiger partial charge in [-0.05, 0) is 69.6 Å². The Bertz CT molecular complexity index is 1770. The predicted molar refractivity (Wildman–Crippen MR) is 157 cm³/mol. The van der Waals surface area contributed by atoms with Gasteiger partial charge in [-0.2, -0.15) is 13.5 Å². The number of anilines is 3. The number of benzene rings is 3. The van der Waals surface area contributed by atoms with Crippen LogP contribution in [0, 0.1) is 6.92 Å². The van der Waals surface area contributed by atoms with E-state index < -0.39 is 10.0 Å². The Hall–Kier alpha value is -4.81. The van der Waals surface area contributed by atoms with Crippen LogP contribution in [0.4, 0.5) is 17.2 Å². The molecule has 0 unspecified atom stereocenters. The zero-order valence-corrected chi connectivity index (χ0v) is 23.6. The van der Waals surface area contributed by atoms with Crippen LogP contribution >= 0.6 is 0 Å². The molecule has 0 saturated carbocycles. The fraction of sp³-hybridized carbons (Fsp3) is 0.172. The summed E-state index contributed by atoms with van der Waals surface area (Å²) in [5.41, 5.74) is 4.42. The Morgan fingerprint density at radius 1 is 0.976 bits per heavy atom. The number of rotatable bonds is 11. The first-order chi connectivity index (χ1) is 19.7. The molecule has 0 bridgehead atoms. The smallest absolute Gasteiger partial charge is 0.322 e. The number of nitrogens with zero attached hydrogens (tertiary/aromatic N) is 6. The molecule has 0 amide bonds. The van der Waals surface area contributed by atoms with Crippen LogP contribution in [0.3, 0.4) is 0 Å². The van der Waals surface area contributed by atoms with Gasteiger partial charge < -0.3 is 15.1 Å². The van der Waals surface area contributed by atoms with Crippen molar-refractivity contribution in [1.29, 1.82) is 0 Å². The highest BCUT2D eigenvalue weighted by Crippen LogP contribution is 2.28. The third-order valence-corrected chi connectivity index (χ3v) is 7.99. The number of nitrogens with one attached hydrogen (secondary N) is 1. The van der Waals surface area contributed by atoms with Crippen LogP contribution in [0.2, 0.25) is 0 Å². The van der Waals surface area contributed by atoms with E-state index in [1.807, 2.05) is 56.2 Å². The third-order valence-electron chi connectivity index (χ3n) is 6.39. The standard InChI is InChI=1S/C29H29N7O4S/c1-21-4-11-26(12-5-21)41(38,39)36(40-20-37)25-9-7-24(8-10-25)33-29-17-27(30-19-31-29)22-6-13-28-23(16-22)18-32-35(28)15-14-34(2)3/h4-13,16-20H,14-15H2,1-3H3,(H,30,31,33). The Labute approximate surface area is 238 Å². The van der Waals surface area contributed by atoms with Crippen molar-refractivity contribution in [2.75, 3.05) is 30.4 Å². The third kappa shape index (κ3) is 6.18. The molecule has 41 heavy (non-hydrogen) atoms. The Morgan fingerprint density at radius 2 is 1.73 bits per heavy atom. The van der Waals surface area contributed by atoms with Gasteiger partial charge in [-0.25, -0.2) is 9.97 Å². The molecule has 3 aromatic carbocycles. The van der Waals surface area contributed by atoms with E-state index in [9.17, 15) is 13.2 Å². The van der Waals surface area contributed by atoms with Gasteiger partial charge in [-0.3, -0.25) is 9.48 Å². The van der Waals surface area contributed by atoms with Gasteiger partial charge in [0.2, 0.25) is 0 Å². The minimum atomic E-state index is -4.13. The van der Waals surface area contributed by atoms with Crippen LogP contribution in [-0.4, -0.2) is 60.2 Å². The summed E-state index contributed by atoms with van der Waals surface area (Å²) < 4.78 is 28.8. The molecule has 0 fully saturated rings. The van der Waals surface area contributed by atoms with Crippen LogP contribution < -0.4 is 9.79 Å². The fourth-order valence-corrected chi connectivity index (χ4v) is 5.44. The van der Waals surface area contributed by atoms with Gasteiger partial charge in [-0.1, -0.05) is 28.2 Å². The highest BCUT2D eigenvalue weighted by molar-refractivity contribution is 7.92. The van der Waals surface area contributed by atoms with E-state index in [1.54, 1.807) is 24.3 Å². The fourth-order valence-electron chi connectivity index (χ4n) is 4.22. The van der Waals surface area contributed by atoms with Gasteiger partial charge in [0.25, 0.3) is 10.0 Å². The minimum Gasteiger partial charge on any atom is -0.340 e. The first-order valence-corrected chi connectivity index (χ1v) is 14.2. The zero-order chi connectivity index (χ0) is 29.0. The maximum Gasteiger partial charge on any atom is 0.322 e. The molecule has 11 nitrogen and oxygen atoms in total. The summed E-state index contributed by atoms with van der Waals surface area (Å²) in [7, 11) is -0.0627. The molecular formula is C29H29N7O4S. The maximum atomic E-state index is 13.1. The topological polar surface area (TPSA) is 123 Å². The number of likely N-dealkylation sites (N-methyl/N-ethyl adjacent to an activating group) is 1. The first-order valence-electron chi connectivity index (χ1n) is 12.8. The number of sulfonamides is 1. The first kappa shape index (κ1) is 27.7. The summed E-state index contributed by atoms with van der Waals surface area (Å²) >= 11 is 0. The van der Waals surface area contributed by atoms with Gasteiger partial charge in [-0.15, -0.1) is 0 Å². The molecule has 0 spiro atoms. The summed E-state index contributed by atoms with van der Waals surface area (Å²) in [6.45, 7) is 3.62. The molecule has 0 radical (unpaired) electrons. The van der Waals surface area contributed by atoms with Crippen LogP contribution in [0.25, 0.3) is 22.2 Å². The zero-order valence-electron chi connectivity index (χ0n) is 22.8. The monoisotopic (exact) mass is 571 g/mol. The SMILES string of the molecule is Cc1ccc(S(=O)(=O)N(OC=O)c2ccc(Nc3cc(-c4ccc5c(cnn5CCN(C)C)c4)ncn3)cc2)cc1. The molecule has 210 valence electrons. The van der Waals surface area contributed by atoms with Crippen molar-refractivity contribution in [3.05, 3.63) is 90.9 Å². The molecule has 0 aliphatic carbocycles. The lowest BCUT2D eigenvalue weighted by Gasteiger charge is -2.21. The van der Waals surface area contributed by atoms with Crippen molar-refractivity contribution < 1.29 is 18.0 Å². The Balaban J connectivity index is 1.34. The van der Waals surface area contributed by atoms with E-state index >= 15 is 0 Å². The van der Waals surface area contributed by atoms with Crippen molar-refractivity contribution in [3.63, 3.8) is 0 Å². The average molecular weight is 572 g/mol. The summed E-state index contributed by atoms with van der Waals surface area (Å²) in [6.07, 6.45) is 3.33. The Kier molecular flexibility index (Phi) is 7.95. The molecule has 0 aliphatic rings. The normalized spacial score (nSPS) is 11.5. The van der Waals surface area contributed by atoms with Crippen molar-refractivity contribution in [2.24, 2.45) is 0 Å². The highest BCUT2D eigenvalue weighted by Gasteiger charge is 2.27. The minimum absolute atomic E-state index is 0.000217. The molecular weight excluding hydrogens is 542 g/mol. The second kappa shape index (κ2) is 11.7. The summed E-state index contributed by atoms with van der Waals surface area (Å²) in [4.78, 5) is 26.9. The van der Waals surface area contributed by atoms with Crippen LogP contribution in [0.15, 0.2) is 90.2 Å². The lowest BCUT2D eigenvalue weighted by Crippen LogP contribution is -2.30. The number of carbonyl (C=O) groups is 1. The number of fused-ring (bicyclic) bond motifs is 1. The van der Waals surface area contributed by atoms with Crippen LogP contribution in [-0.2, 0) is 26.2 Å². The molecule has 0 atom stereocenters. The van der Waals surface area contributed by atoms with Gasteiger partial charge in [0.15, 0.2) is 0 Å². The number of aromatic nitrogens is 4. The van der Waals surface area contributed by atoms with E-state index in [4.69, 9.17) is 4.84 Å². The molecule has 1 N–H and O–H groups in total. The van der Waals surface area contributed by atoms with Crippen molar-refractivity contribution in [2.45, 2.75) is 18.4 Å². The summed E-state index contributed by atoms with van der Waals surface area (Å²) in [5.74, 6) is 0.554. The van der Waals surface area contributed by atoms with Crippen molar-refractivity contribution in [3.8, 4) is 11.3 Å². The number of carbonyl (C=O) groups excluding carboxylic acids is 1. The molecule has 5 aromatic rings. The van der Waals surface area contributed by atoms with Crippen LogP contribution in [0.5, 0.6) is 0 Å². The lowest BCUT2D eigenvalue weighted by molar-refractivity contribution is -0.128. The summed E-state index contributed by atoms with van der Waals surface area (Å²) in [5, 5.41) is 8.75. The quantitative estimate of drug-likeness (QED) is 0.182. The van der Waals surface area contributed by atoms with Gasteiger partial charge in [0.1, 0.15) is 12.1 Å². The average Bonchev–Trinajstić information content (AvgIpc) is 3.38. The maximum absolute atomic E-state index is 13.1. The molecule has 12 heteroatoms. The predicted octanol–water partition coefficient (Wildman–Crippen LogP) is 4.39. The number of hydrogen-bond donors (Lipinski definition) is 1. The summed E-state index contributed by atoms with van der Waals surface area (Å²) in [6, 6.07) is 20.6. The van der Waals surface area contributed by atoms with E-state index in [-0.39, 0.29) is 17.1 Å². The second-order valence-electron chi connectivity index (χ2n) is 9.65. The number of hydrogen-bond acceptors (Lipinski definition) is 9. The van der Waals surface area contributed by atoms with Crippen molar-refractivity contribution in [1.82, 2.24) is 24.6 Å². The van der Waals surface area contributed by atoms with E-state index in [2.05, 4.69) is 25.3 Å². The van der Waals surface area contributed by atoms with Crippen LogP contribution in [0.1, 0.15) is 5.56 Å². The molecule has 0 aliphatic heterocycles. The van der Waals surface area contributed by atoms with Gasteiger partial charge in [0.05, 0.1) is 34.5 Å². The van der Waals surface area contributed by atoms with E-state index in [0.717, 1.165) is 40.8 Å². The van der Waals surface area contributed by atoms with E-state index in [1.165, 1.54) is 30.6 Å². The molecule has 2 heterocycles. The molecule has 0 saturated heterocycles. The molecule has 5 rings (SSSR count). The molecule has 2 aromatic heterocycles. The second-order valence-corrected chi connectivity index (χ2v) is 11.4. The largest absolute Gasteiger partial charge is 0.340 e. The number of aryl methyl sites for hydroxylation is 1.